The summed E-state index contributed by atoms with van der Waals surface area (Å²) in [6.07, 6.45) is 5.96. The van der Waals surface area contributed by atoms with Gasteiger partial charge in [0, 0.05) is 0 Å². The molecule has 226 valence electrons. The van der Waals surface area contributed by atoms with Gasteiger partial charge in [-0.15, -0.1) is 0 Å². The fourth-order valence-corrected chi connectivity index (χ4v) is 6.22. The number of alkyl halides is 4. The average Bonchev–Trinajstić information content (AvgIpc) is 3.85. The van der Waals surface area contributed by atoms with Crippen LogP contribution in [0.15, 0.2) is 66.2 Å². The van der Waals surface area contributed by atoms with Crippen LogP contribution in [0.1, 0.15) is 120 Å². The molecule has 0 unspecified atom stereocenters. The Hall–Kier alpha value is -3.67. The van der Waals surface area contributed by atoms with Crippen molar-refractivity contribution >= 4 is 23.2 Å². The molecule has 0 radical (unpaired) electrons. The summed E-state index contributed by atoms with van der Waals surface area (Å²) in [5.74, 6) is -0.864. The van der Waals surface area contributed by atoms with Crippen LogP contribution in [0.5, 0.6) is 0 Å². The number of halogens is 4. The summed E-state index contributed by atoms with van der Waals surface area (Å²) >= 11 is 0. The molecular weight excluding hydrogens is 552 g/mol. The number of carboxylic acids is 1. The fraction of sp³-hybridized carbons (Fsp3) is 0.378. The maximum atomic E-state index is 13.7. The van der Waals surface area contributed by atoms with Crippen LogP contribution in [-0.4, -0.2) is 17.8 Å². The number of aromatic carboxylic acids is 1. The van der Waals surface area contributed by atoms with Gasteiger partial charge in [0.2, 0.25) is 0 Å². The lowest BCUT2D eigenvalue weighted by Gasteiger charge is -2.20. The molecule has 1 saturated carbocycles. The van der Waals surface area contributed by atoms with E-state index in [2.05, 4.69) is 37.3 Å². The molecule has 1 N–H and O–H groups in total. The van der Waals surface area contributed by atoms with Crippen LogP contribution in [0.3, 0.4) is 0 Å². The van der Waals surface area contributed by atoms with E-state index in [9.17, 15) is 27.5 Å². The number of fused-ring (bicyclic) bond motifs is 1. The van der Waals surface area contributed by atoms with E-state index < -0.39 is 17.7 Å². The zero-order valence-electron chi connectivity index (χ0n) is 24.6. The molecule has 2 nitrogen and oxygen atoms in total. The molecule has 0 aliphatic heterocycles. The summed E-state index contributed by atoms with van der Waals surface area (Å²) in [7, 11) is 0. The highest BCUT2D eigenvalue weighted by Gasteiger charge is 2.35. The first-order valence-electron chi connectivity index (χ1n) is 15.4. The average molecular weight is 591 g/mol. The number of rotatable bonds is 11. The van der Waals surface area contributed by atoms with Crippen molar-refractivity contribution in [2.45, 2.75) is 83.2 Å². The highest BCUT2D eigenvalue weighted by Crippen LogP contribution is 2.48. The van der Waals surface area contributed by atoms with Crippen molar-refractivity contribution in [3.8, 4) is 0 Å². The SMILES string of the molecule is CC/C(=C/c1ccc(C2=C(c3ccc(C(F)(F)F)cc3C3CC3)CCCc3cc(C(=O)O)ccc32)cc1)CCCCCF. The van der Waals surface area contributed by atoms with E-state index in [0.717, 1.165) is 89.5 Å². The molecule has 5 rings (SSSR count). The van der Waals surface area contributed by atoms with Gasteiger partial charge in [-0.25, -0.2) is 4.79 Å². The third-order valence-corrected chi connectivity index (χ3v) is 8.67. The summed E-state index contributed by atoms with van der Waals surface area (Å²) in [6.45, 7) is 1.85. The minimum atomic E-state index is -4.41. The van der Waals surface area contributed by atoms with E-state index in [-0.39, 0.29) is 18.2 Å². The van der Waals surface area contributed by atoms with Gasteiger partial charge in [-0.3, -0.25) is 4.39 Å². The van der Waals surface area contributed by atoms with Gasteiger partial charge in [0.25, 0.3) is 0 Å². The molecule has 0 saturated heterocycles. The Kier molecular flexibility index (Phi) is 9.53. The predicted octanol–water partition coefficient (Wildman–Crippen LogP) is 10.9. The number of carboxylic acid groups (broad SMARTS) is 1. The van der Waals surface area contributed by atoms with Crippen molar-refractivity contribution in [2.24, 2.45) is 0 Å². The van der Waals surface area contributed by atoms with E-state index >= 15 is 0 Å². The number of hydrogen-bond donors (Lipinski definition) is 1. The molecule has 6 heteroatoms. The second-order valence-electron chi connectivity index (χ2n) is 11.7. The lowest BCUT2D eigenvalue weighted by Crippen LogP contribution is -2.07. The van der Waals surface area contributed by atoms with Crippen molar-refractivity contribution in [3.63, 3.8) is 0 Å². The Balaban J connectivity index is 1.62. The monoisotopic (exact) mass is 590 g/mol. The lowest BCUT2D eigenvalue weighted by molar-refractivity contribution is -0.137. The third-order valence-electron chi connectivity index (χ3n) is 8.67. The highest BCUT2D eigenvalue weighted by atomic mass is 19.4. The van der Waals surface area contributed by atoms with Crippen molar-refractivity contribution < 1.29 is 27.5 Å². The first-order valence-corrected chi connectivity index (χ1v) is 15.4. The summed E-state index contributed by atoms with van der Waals surface area (Å²) in [5, 5.41) is 9.64. The number of aryl methyl sites for hydroxylation is 1. The first kappa shape index (κ1) is 30.8. The molecule has 0 spiro atoms. The van der Waals surface area contributed by atoms with Crippen LogP contribution in [0.25, 0.3) is 17.2 Å². The van der Waals surface area contributed by atoms with Gasteiger partial charge in [-0.1, -0.05) is 61.4 Å². The van der Waals surface area contributed by atoms with Crippen molar-refractivity contribution in [2.75, 3.05) is 6.67 Å². The Morgan fingerprint density at radius 3 is 2.33 bits per heavy atom. The van der Waals surface area contributed by atoms with Crippen LogP contribution >= 0.6 is 0 Å². The molecule has 0 amide bonds. The van der Waals surface area contributed by atoms with Gasteiger partial charge < -0.3 is 5.11 Å². The smallest absolute Gasteiger partial charge is 0.416 e. The molecule has 3 aromatic carbocycles. The van der Waals surface area contributed by atoms with Crippen LogP contribution in [0.4, 0.5) is 17.6 Å². The largest absolute Gasteiger partial charge is 0.478 e. The van der Waals surface area contributed by atoms with Gasteiger partial charge in [0.05, 0.1) is 17.8 Å². The van der Waals surface area contributed by atoms with Crippen LogP contribution in [0.2, 0.25) is 0 Å². The molecule has 0 heterocycles. The van der Waals surface area contributed by atoms with Gasteiger partial charge in [-0.05, 0) is 132 Å². The second-order valence-corrected chi connectivity index (χ2v) is 11.7. The summed E-state index contributed by atoms with van der Waals surface area (Å²) in [4.78, 5) is 11.8. The standard InChI is InChI=1S/C37H38F4O2/c1-2-24(7-4-3-5-20-38)21-25-10-12-27(13-11-25)35-31-18-16-29(36(42)43)22-28(31)8-6-9-33(35)32-19-17-30(37(39,40)41)23-34(32)26-14-15-26/h10-13,16-19,21-23,26H,2-9,14-15,20H2,1H3,(H,42,43)/b24-21-. The van der Waals surface area contributed by atoms with Crippen LogP contribution in [0, 0.1) is 0 Å². The minimum Gasteiger partial charge on any atom is -0.478 e. The first-order chi connectivity index (χ1) is 20.7. The third kappa shape index (κ3) is 7.29. The quantitative estimate of drug-likeness (QED) is 0.178. The van der Waals surface area contributed by atoms with E-state index in [4.69, 9.17) is 0 Å². The van der Waals surface area contributed by atoms with Gasteiger partial charge >= 0.3 is 12.1 Å². The Labute approximate surface area is 251 Å². The molecule has 0 aromatic heterocycles. The maximum absolute atomic E-state index is 13.7. The second kappa shape index (κ2) is 13.3. The Bertz CT molecular complexity index is 1530. The van der Waals surface area contributed by atoms with E-state index in [1.807, 2.05) is 6.07 Å². The molecule has 2 aliphatic carbocycles. The normalized spacial score (nSPS) is 15.8. The minimum absolute atomic E-state index is 0.119. The van der Waals surface area contributed by atoms with Crippen molar-refractivity contribution in [1.82, 2.24) is 0 Å². The summed E-state index contributed by atoms with van der Waals surface area (Å²) in [6, 6.07) is 17.7. The number of hydrogen-bond acceptors (Lipinski definition) is 1. The molecule has 3 aromatic rings. The number of carbonyl (C=O) groups is 1. The molecular formula is C37H38F4O2. The van der Waals surface area contributed by atoms with E-state index in [0.29, 0.717) is 19.3 Å². The van der Waals surface area contributed by atoms with Crippen molar-refractivity contribution in [1.29, 1.82) is 0 Å². The number of benzene rings is 3. The molecule has 2 aliphatic rings. The Morgan fingerprint density at radius 1 is 0.930 bits per heavy atom. The van der Waals surface area contributed by atoms with Gasteiger partial charge in [0.15, 0.2) is 0 Å². The van der Waals surface area contributed by atoms with Crippen LogP contribution < -0.4 is 0 Å². The van der Waals surface area contributed by atoms with E-state index in [1.54, 1.807) is 18.2 Å². The van der Waals surface area contributed by atoms with Gasteiger partial charge in [-0.2, -0.15) is 13.2 Å². The Morgan fingerprint density at radius 2 is 1.67 bits per heavy atom. The zero-order valence-corrected chi connectivity index (χ0v) is 24.6. The lowest BCUT2D eigenvalue weighted by atomic mass is 9.84. The zero-order chi connectivity index (χ0) is 30.6. The highest BCUT2D eigenvalue weighted by molar-refractivity contribution is 6.01. The summed E-state index contributed by atoms with van der Waals surface area (Å²) < 4.78 is 53.6. The van der Waals surface area contributed by atoms with Crippen LogP contribution in [-0.2, 0) is 12.6 Å². The topological polar surface area (TPSA) is 37.3 Å². The van der Waals surface area contributed by atoms with Crippen molar-refractivity contribution in [3.05, 3.63) is 111 Å². The van der Waals surface area contributed by atoms with E-state index in [1.165, 1.54) is 17.7 Å². The van der Waals surface area contributed by atoms with Gasteiger partial charge in [0.1, 0.15) is 0 Å². The number of unbranched alkanes of at least 4 members (excludes halogenated alkanes) is 2. The fourth-order valence-electron chi connectivity index (χ4n) is 6.22. The molecule has 0 bridgehead atoms. The molecule has 1 fully saturated rings. The number of allylic oxidation sites excluding steroid dienone is 2. The molecule has 0 atom stereocenters. The predicted molar refractivity (Wildman–Crippen MR) is 165 cm³/mol. The maximum Gasteiger partial charge on any atom is 0.416 e. The summed E-state index contributed by atoms with van der Waals surface area (Å²) in [5.41, 5.74) is 8.43. The molecule has 43 heavy (non-hydrogen) atoms.